The van der Waals surface area contributed by atoms with Crippen LogP contribution in [0.25, 0.3) is 0 Å². The molecule has 21 heavy (non-hydrogen) atoms. The highest BCUT2D eigenvalue weighted by Gasteiger charge is 2.32. The smallest absolute Gasteiger partial charge is 0.310 e. The van der Waals surface area contributed by atoms with Crippen LogP contribution >= 0.6 is 0 Å². The second kappa shape index (κ2) is 7.20. The quantitative estimate of drug-likeness (QED) is 0.866. The number of carbonyl (C=O) groups excluding carboxylic acids is 2. The molecule has 0 radical (unpaired) electrons. The second-order valence-electron chi connectivity index (χ2n) is 5.36. The number of esters is 1. The lowest BCUT2D eigenvalue weighted by atomic mass is 9.84. The number of halogens is 1. The molecule has 0 saturated heterocycles. The van der Waals surface area contributed by atoms with E-state index in [1.807, 2.05) is 0 Å². The first-order chi connectivity index (χ1) is 10.1. The maximum atomic E-state index is 13.5. The summed E-state index contributed by atoms with van der Waals surface area (Å²) >= 11 is 0. The Kier molecular flexibility index (Phi) is 5.31. The Balaban J connectivity index is 1.97. The van der Waals surface area contributed by atoms with Crippen molar-refractivity contribution < 1.29 is 18.7 Å². The van der Waals surface area contributed by atoms with Crippen LogP contribution < -0.4 is 5.32 Å². The molecule has 0 heterocycles. The summed E-state index contributed by atoms with van der Waals surface area (Å²) in [6, 6.07) is 5.99. The molecule has 1 saturated carbocycles. The van der Waals surface area contributed by atoms with E-state index < -0.39 is 0 Å². The van der Waals surface area contributed by atoms with E-state index in [1.54, 1.807) is 18.2 Å². The summed E-state index contributed by atoms with van der Waals surface area (Å²) in [5.41, 5.74) is 0.362. The van der Waals surface area contributed by atoms with Gasteiger partial charge in [0.1, 0.15) is 5.82 Å². The molecule has 1 amide bonds. The van der Waals surface area contributed by atoms with Crippen LogP contribution in [-0.4, -0.2) is 25.0 Å². The van der Waals surface area contributed by atoms with Crippen LogP contribution in [0.1, 0.15) is 31.2 Å². The van der Waals surface area contributed by atoms with Gasteiger partial charge in [0.05, 0.1) is 19.4 Å². The zero-order valence-corrected chi connectivity index (χ0v) is 12.1. The number of hydrogen-bond acceptors (Lipinski definition) is 3. The average molecular weight is 293 g/mol. The fourth-order valence-electron chi connectivity index (χ4n) is 2.81. The summed E-state index contributed by atoms with van der Waals surface area (Å²) in [7, 11) is 1.36. The van der Waals surface area contributed by atoms with Crippen molar-refractivity contribution in [3.8, 4) is 0 Å². The molecular weight excluding hydrogens is 273 g/mol. The number of nitrogens with one attached hydrogen (secondary N) is 1. The maximum absolute atomic E-state index is 13.5. The molecule has 1 aromatic rings. The Morgan fingerprint density at radius 2 is 2.00 bits per heavy atom. The molecule has 0 aromatic heterocycles. The Hall–Kier alpha value is -1.91. The van der Waals surface area contributed by atoms with Crippen LogP contribution in [0.3, 0.4) is 0 Å². The molecule has 1 N–H and O–H groups in total. The Bertz CT molecular complexity index is 518. The Labute approximate surface area is 123 Å². The van der Waals surface area contributed by atoms with Gasteiger partial charge in [0, 0.05) is 6.04 Å². The van der Waals surface area contributed by atoms with Gasteiger partial charge >= 0.3 is 5.97 Å². The maximum Gasteiger partial charge on any atom is 0.310 e. The van der Waals surface area contributed by atoms with E-state index in [0.717, 1.165) is 25.7 Å². The topological polar surface area (TPSA) is 55.4 Å². The molecule has 1 aliphatic rings. The van der Waals surface area contributed by atoms with Crippen molar-refractivity contribution in [1.29, 1.82) is 0 Å². The first kappa shape index (κ1) is 15.5. The Morgan fingerprint density at radius 1 is 1.29 bits per heavy atom. The predicted molar refractivity (Wildman–Crippen MR) is 76.0 cm³/mol. The molecule has 0 unspecified atom stereocenters. The zero-order chi connectivity index (χ0) is 15.2. The average Bonchev–Trinajstić information content (AvgIpc) is 2.49. The summed E-state index contributed by atoms with van der Waals surface area (Å²) in [6.45, 7) is 0. The van der Waals surface area contributed by atoms with Gasteiger partial charge in [-0.25, -0.2) is 4.39 Å². The minimum atomic E-state index is -0.388. The van der Waals surface area contributed by atoms with Gasteiger partial charge in [0.2, 0.25) is 5.91 Å². The van der Waals surface area contributed by atoms with Gasteiger partial charge in [-0.05, 0) is 24.5 Å². The molecule has 1 aliphatic carbocycles. The minimum absolute atomic E-state index is 0.0168. The van der Waals surface area contributed by atoms with Crippen LogP contribution in [-0.2, 0) is 20.7 Å². The molecule has 0 aliphatic heterocycles. The molecule has 0 bridgehead atoms. The molecule has 4 nitrogen and oxygen atoms in total. The molecular formula is C16H20FNO3. The number of rotatable bonds is 4. The molecule has 114 valence electrons. The number of hydrogen-bond donors (Lipinski definition) is 1. The summed E-state index contributed by atoms with van der Waals surface area (Å²) in [5.74, 6) is -1.24. The van der Waals surface area contributed by atoms with E-state index in [9.17, 15) is 14.0 Å². The van der Waals surface area contributed by atoms with Gasteiger partial charge in [0.25, 0.3) is 0 Å². The van der Waals surface area contributed by atoms with Crippen molar-refractivity contribution in [3.05, 3.63) is 35.6 Å². The van der Waals surface area contributed by atoms with Crippen molar-refractivity contribution in [1.82, 2.24) is 5.32 Å². The third-order valence-corrected chi connectivity index (χ3v) is 3.93. The summed E-state index contributed by atoms with van der Waals surface area (Å²) in [5, 5.41) is 2.85. The monoisotopic (exact) mass is 293 g/mol. The number of carbonyl (C=O) groups is 2. The van der Waals surface area contributed by atoms with E-state index in [1.165, 1.54) is 13.2 Å². The van der Waals surface area contributed by atoms with Gasteiger partial charge in [0.15, 0.2) is 0 Å². The van der Waals surface area contributed by atoms with Gasteiger partial charge in [-0.3, -0.25) is 9.59 Å². The largest absolute Gasteiger partial charge is 0.469 e. The van der Waals surface area contributed by atoms with Gasteiger partial charge in [-0.1, -0.05) is 31.0 Å². The molecule has 1 aromatic carbocycles. The van der Waals surface area contributed by atoms with E-state index in [2.05, 4.69) is 5.32 Å². The zero-order valence-electron chi connectivity index (χ0n) is 12.1. The molecule has 2 rings (SSSR count). The van der Waals surface area contributed by atoms with E-state index in [-0.39, 0.29) is 36.1 Å². The van der Waals surface area contributed by atoms with Crippen molar-refractivity contribution in [2.75, 3.05) is 7.11 Å². The van der Waals surface area contributed by atoms with Crippen molar-refractivity contribution in [2.24, 2.45) is 5.92 Å². The van der Waals surface area contributed by atoms with Gasteiger partial charge in [-0.2, -0.15) is 0 Å². The van der Waals surface area contributed by atoms with Crippen molar-refractivity contribution in [3.63, 3.8) is 0 Å². The van der Waals surface area contributed by atoms with E-state index in [4.69, 9.17) is 4.74 Å². The highest BCUT2D eigenvalue weighted by atomic mass is 19.1. The lowest BCUT2D eigenvalue weighted by molar-refractivity contribution is -0.147. The summed E-state index contributed by atoms with van der Waals surface area (Å²) in [4.78, 5) is 23.8. The molecule has 2 atom stereocenters. The molecule has 0 spiro atoms. The van der Waals surface area contributed by atoms with Crippen LogP contribution in [0.2, 0.25) is 0 Å². The summed E-state index contributed by atoms with van der Waals surface area (Å²) in [6.07, 6.45) is 3.38. The van der Waals surface area contributed by atoms with Crippen molar-refractivity contribution >= 4 is 11.9 Å². The van der Waals surface area contributed by atoms with Crippen LogP contribution in [0.5, 0.6) is 0 Å². The third kappa shape index (κ3) is 4.03. The number of amides is 1. The van der Waals surface area contributed by atoms with E-state index in [0.29, 0.717) is 5.56 Å². The molecule has 1 fully saturated rings. The Morgan fingerprint density at radius 3 is 2.71 bits per heavy atom. The lowest BCUT2D eigenvalue weighted by Crippen LogP contribution is -2.46. The fourth-order valence-corrected chi connectivity index (χ4v) is 2.81. The SMILES string of the molecule is COC(=O)[C@H]1CCCC[C@@H]1NC(=O)Cc1ccccc1F. The van der Waals surface area contributed by atoms with Crippen LogP contribution in [0, 0.1) is 11.7 Å². The van der Waals surface area contributed by atoms with E-state index >= 15 is 0 Å². The first-order valence-corrected chi connectivity index (χ1v) is 7.22. The normalized spacial score (nSPS) is 21.6. The predicted octanol–water partition coefficient (Wildman–Crippen LogP) is 2.22. The number of ether oxygens (including phenoxy) is 1. The van der Waals surface area contributed by atoms with Crippen molar-refractivity contribution in [2.45, 2.75) is 38.1 Å². The molecule has 5 heteroatoms. The number of benzene rings is 1. The highest BCUT2D eigenvalue weighted by Crippen LogP contribution is 2.25. The standard InChI is InChI=1S/C16H20FNO3/c1-21-16(20)12-7-3-5-9-14(12)18-15(19)10-11-6-2-4-8-13(11)17/h2,4,6,8,12,14H,3,5,7,9-10H2,1H3,(H,18,19)/t12-,14-/m0/s1. The van der Waals surface area contributed by atoms with Gasteiger partial charge < -0.3 is 10.1 Å². The first-order valence-electron chi connectivity index (χ1n) is 7.22. The van der Waals surface area contributed by atoms with Crippen LogP contribution in [0.15, 0.2) is 24.3 Å². The summed E-state index contributed by atoms with van der Waals surface area (Å²) < 4.78 is 18.3. The fraction of sp³-hybridized carbons (Fsp3) is 0.500. The van der Waals surface area contributed by atoms with Gasteiger partial charge in [-0.15, -0.1) is 0 Å². The minimum Gasteiger partial charge on any atom is -0.469 e. The number of methoxy groups -OCH3 is 1. The second-order valence-corrected chi connectivity index (χ2v) is 5.36. The lowest BCUT2D eigenvalue weighted by Gasteiger charge is -2.30. The van der Waals surface area contributed by atoms with Crippen LogP contribution in [0.4, 0.5) is 4.39 Å². The third-order valence-electron chi connectivity index (χ3n) is 3.93. The highest BCUT2D eigenvalue weighted by molar-refractivity contribution is 5.80.